The van der Waals surface area contributed by atoms with Crippen molar-refractivity contribution in [1.82, 2.24) is 42.5 Å². The monoisotopic (exact) mass is 1030 g/mol. The minimum Gasteiger partial charge on any atom is -0.381 e. The van der Waals surface area contributed by atoms with E-state index in [9.17, 15) is 0 Å². The number of piperazine rings is 1. The first-order chi connectivity index (χ1) is 34.0. The van der Waals surface area contributed by atoms with Gasteiger partial charge in [0.25, 0.3) is 0 Å². The summed E-state index contributed by atoms with van der Waals surface area (Å²) >= 11 is 6.13. The number of hydrogen-bond acceptors (Lipinski definition) is 17. The highest BCUT2D eigenvalue weighted by atomic mass is 32.2. The highest BCUT2D eigenvalue weighted by molar-refractivity contribution is 7.99. The standard InChI is InChI=1S/C5H11NO.2C5H11N.C5H10O.C5H10S.C4H10N2.C4H9NO.C4H9N.C4H8O.C4H8S.C3H7NS.C3H6O2/c1-2-6-3-5-7-4-1;4*1-2-4-6-5-3-1;1-2-6-4-3-5-1;1-3-6-4-2-5-1;3*1-2-4-5-3-1;2*1-2-5-3-4-1/h6H,1-5H2;2*6H,1-5H2;2*1-5H2;5-6H,1-4H2;5H,1-4H2;5H,1-4H2;2*1-4H2;4H,1-3H2;1-3H2. The van der Waals surface area contributed by atoms with E-state index in [-0.39, 0.29) is 0 Å². The van der Waals surface area contributed by atoms with Gasteiger partial charge < -0.3 is 71.0 Å². The number of ether oxygens (including phenoxy) is 6. The Hall–Kier alpha value is 0.490. The average molecular weight is 1030 g/mol. The molecule has 0 spiro atoms. The smallest absolute Gasteiger partial charge is 0.146 e. The van der Waals surface area contributed by atoms with Crippen LogP contribution in [-0.2, 0) is 28.4 Å². The number of nitrogens with one attached hydrogen (secondary N) is 8. The van der Waals surface area contributed by atoms with Crippen LogP contribution in [0, 0.1) is 0 Å². The molecule has 0 unspecified atom stereocenters. The van der Waals surface area contributed by atoms with Crippen LogP contribution < -0.4 is 42.5 Å². The molecule has 12 heterocycles. The third-order valence-corrected chi connectivity index (χ3v) is 14.4. The average Bonchev–Trinajstić information content (AvgIpc) is 4.32. The summed E-state index contributed by atoms with van der Waals surface area (Å²) in [6.07, 6.45) is 26.2. The maximum Gasteiger partial charge on any atom is 0.146 e. The molecule has 68 heavy (non-hydrogen) atoms. The third-order valence-electron chi connectivity index (χ3n) is 11.2. The molecule has 0 radical (unpaired) electrons. The topological polar surface area (TPSA) is 152 Å². The predicted molar refractivity (Wildman–Crippen MR) is 298 cm³/mol. The molecule has 408 valence electrons. The van der Waals surface area contributed by atoms with E-state index in [1.807, 2.05) is 11.8 Å². The van der Waals surface area contributed by atoms with Crippen molar-refractivity contribution in [1.29, 1.82) is 0 Å². The quantitative estimate of drug-likeness (QED) is 0.136. The van der Waals surface area contributed by atoms with E-state index in [4.69, 9.17) is 28.4 Å². The van der Waals surface area contributed by atoms with Gasteiger partial charge in [-0.05, 0) is 172 Å². The maximum atomic E-state index is 5.13. The van der Waals surface area contributed by atoms with E-state index in [0.717, 1.165) is 118 Å². The molecular weight excluding hydrogens is 917 g/mol. The van der Waals surface area contributed by atoms with Crippen LogP contribution >= 0.6 is 35.3 Å². The zero-order valence-electron chi connectivity index (χ0n) is 43.7. The molecule has 12 aliphatic heterocycles. The molecule has 0 aromatic rings. The van der Waals surface area contributed by atoms with Crippen molar-refractivity contribution in [3.8, 4) is 0 Å². The molecule has 0 bridgehead atoms. The summed E-state index contributed by atoms with van der Waals surface area (Å²) in [4.78, 5) is 0. The van der Waals surface area contributed by atoms with Gasteiger partial charge >= 0.3 is 0 Å². The van der Waals surface area contributed by atoms with Gasteiger partial charge in [-0.15, -0.1) is 11.8 Å². The summed E-state index contributed by atoms with van der Waals surface area (Å²) in [5, 5.41) is 25.8. The van der Waals surface area contributed by atoms with Gasteiger partial charge in [0, 0.05) is 97.0 Å². The summed E-state index contributed by atoms with van der Waals surface area (Å²) in [6, 6.07) is 0. The second-order valence-corrected chi connectivity index (χ2v) is 21.2. The normalized spacial score (nSPS) is 24.0. The molecule has 14 nitrogen and oxygen atoms in total. The largest absolute Gasteiger partial charge is 0.381 e. The van der Waals surface area contributed by atoms with E-state index < -0.39 is 0 Å². The Balaban J connectivity index is 0.000000371. The first-order valence-electron chi connectivity index (χ1n) is 27.9. The minimum absolute atomic E-state index is 0.500. The molecule has 12 fully saturated rings. The van der Waals surface area contributed by atoms with E-state index in [2.05, 4.69) is 66.1 Å². The highest BCUT2D eigenvalue weighted by Gasteiger charge is 2.00. The van der Waals surface area contributed by atoms with Crippen LogP contribution in [0.2, 0.25) is 0 Å². The van der Waals surface area contributed by atoms with Crippen LogP contribution in [0.4, 0.5) is 0 Å². The summed E-state index contributed by atoms with van der Waals surface area (Å²) < 4.78 is 29.6. The number of piperidine rings is 2. The first kappa shape index (κ1) is 66.5. The van der Waals surface area contributed by atoms with Crippen molar-refractivity contribution in [3.05, 3.63) is 0 Å². The van der Waals surface area contributed by atoms with E-state index >= 15 is 0 Å². The van der Waals surface area contributed by atoms with Crippen LogP contribution in [0.25, 0.3) is 0 Å². The van der Waals surface area contributed by atoms with Crippen molar-refractivity contribution in [2.24, 2.45) is 0 Å². The van der Waals surface area contributed by atoms with E-state index in [1.54, 1.807) is 0 Å². The molecular formula is C51H110N8O6S3. The summed E-state index contributed by atoms with van der Waals surface area (Å²) in [5.41, 5.74) is 0. The van der Waals surface area contributed by atoms with Gasteiger partial charge in [-0.3, -0.25) is 0 Å². The second kappa shape index (κ2) is 63.6. The number of rotatable bonds is 0. The molecule has 0 aromatic carbocycles. The molecule has 12 saturated heterocycles. The zero-order chi connectivity index (χ0) is 48.1. The van der Waals surface area contributed by atoms with Crippen LogP contribution in [-0.4, -0.2) is 206 Å². The van der Waals surface area contributed by atoms with Crippen LogP contribution in [0.5, 0.6) is 0 Å². The fourth-order valence-corrected chi connectivity index (χ4v) is 9.83. The zero-order valence-corrected chi connectivity index (χ0v) is 46.2. The van der Waals surface area contributed by atoms with Gasteiger partial charge in [-0.25, -0.2) is 0 Å². The lowest BCUT2D eigenvalue weighted by Gasteiger charge is -2.11. The number of thioether (sulfide) groups is 3. The van der Waals surface area contributed by atoms with Gasteiger partial charge in [0.2, 0.25) is 0 Å². The molecule has 12 rings (SSSR count). The van der Waals surface area contributed by atoms with Crippen LogP contribution in [0.3, 0.4) is 0 Å². The summed E-state index contributed by atoms with van der Waals surface area (Å²) in [7, 11) is 0. The Bertz CT molecular complexity index is 586. The van der Waals surface area contributed by atoms with Gasteiger partial charge in [-0.1, -0.05) is 19.3 Å². The van der Waals surface area contributed by atoms with Gasteiger partial charge in [0.1, 0.15) is 6.79 Å². The van der Waals surface area contributed by atoms with E-state index in [0.29, 0.717) is 6.79 Å². The Kier molecular flexibility index (Phi) is 62.2. The molecule has 0 atom stereocenters. The van der Waals surface area contributed by atoms with Crippen molar-refractivity contribution in [2.45, 2.75) is 122 Å². The SMILES string of the molecule is C1CCNC1.C1CCNCC1.C1CCNCC1.C1CCOC1.C1CCOCC1.C1CCSC1.C1CCSCC1.C1CNCCN1.C1CNCCOC1.C1COCCN1.C1COCO1.C1CSCN1. The highest BCUT2D eigenvalue weighted by Crippen LogP contribution is 2.15. The number of morpholine rings is 1. The number of hydrogen-bond donors (Lipinski definition) is 8. The molecule has 0 amide bonds. The molecule has 8 N–H and O–H groups in total. The second-order valence-electron chi connectivity index (χ2n) is 17.6. The Morgan fingerprint density at radius 1 is 0.191 bits per heavy atom. The molecule has 0 aromatic heterocycles. The van der Waals surface area contributed by atoms with Crippen molar-refractivity contribution < 1.29 is 28.4 Å². The molecule has 0 saturated carbocycles. The van der Waals surface area contributed by atoms with Crippen molar-refractivity contribution in [3.63, 3.8) is 0 Å². The van der Waals surface area contributed by atoms with Crippen molar-refractivity contribution in [2.75, 3.05) is 206 Å². The summed E-state index contributed by atoms with van der Waals surface area (Å²) in [5.74, 6) is 8.14. The third kappa shape index (κ3) is 60.8. The first-order valence-corrected chi connectivity index (χ1v) is 31.3. The fourth-order valence-electron chi connectivity index (χ4n) is 7.07. The Morgan fingerprint density at radius 3 is 0.765 bits per heavy atom. The fraction of sp³-hybridized carbons (Fsp3) is 1.00. The lowest BCUT2D eigenvalue weighted by Crippen LogP contribution is -2.39. The lowest BCUT2D eigenvalue weighted by molar-refractivity contribution is 0.0692. The molecule has 0 aliphatic carbocycles. The predicted octanol–water partition coefficient (Wildman–Crippen LogP) is 6.34. The minimum atomic E-state index is 0.500. The van der Waals surface area contributed by atoms with Crippen LogP contribution in [0.1, 0.15) is 122 Å². The summed E-state index contributed by atoms with van der Waals surface area (Å²) in [6.45, 7) is 27.1. The van der Waals surface area contributed by atoms with Crippen LogP contribution in [0.15, 0.2) is 0 Å². The Morgan fingerprint density at radius 2 is 0.515 bits per heavy atom. The maximum absolute atomic E-state index is 5.13. The van der Waals surface area contributed by atoms with Gasteiger partial charge in [0.05, 0.1) is 33.0 Å². The molecule has 17 heteroatoms. The molecule has 12 aliphatic rings. The van der Waals surface area contributed by atoms with Gasteiger partial charge in [-0.2, -0.15) is 23.5 Å². The lowest BCUT2D eigenvalue weighted by atomic mass is 10.2. The van der Waals surface area contributed by atoms with Crippen molar-refractivity contribution >= 4 is 35.3 Å². The Labute approximate surface area is 431 Å². The van der Waals surface area contributed by atoms with E-state index in [1.165, 1.54) is 202 Å². The van der Waals surface area contributed by atoms with Gasteiger partial charge in [0.15, 0.2) is 0 Å².